The Labute approximate surface area is 201 Å². The van der Waals surface area contributed by atoms with E-state index in [0.29, 0.717) is 13.0 Å². The highest BCUT2D eigenvalue weighted by atomic mass is 32.2. The van der Waals surface area contributed by atoms with Crippen molar-refractivity contribution in [2.75, 3.05) is 43.5 Å². The van der Waals surface area contributed by atoms with Crippen LogP contribution >= 0.6 is 0 Å². The van der Waals surface area contributed by atoms with Gasteiger partial charge in [0.05, 0.1) is 4.90 Å². The summed E-state index contributed by atoms with van der Waals surface area (Å²) in [6, 6.07) is 12.6. The van der Waals surface area contributed by atoms with E-state index in [9.17, 15) is 18.0 Å². The van der Waals surface area contributed by atoms with Crippen LogP contribution in [-0.2, 0) is 32.6 Å². The van der Waals surface area contributed by atoms with Gasteiger partial charge in [-0.05, 0) is 60.7 Å². The van der Waals surface area contributed by atoms with Gasteiger partial charge in [0.2, 0.25) is 21.8 Å². The van der Waals surface area contributed by atoms with Crippen LogP contribution in [0.1, 0.15) is 36.8 Å². The van der Waals surface area contributed by atoms with Gasteiger partial charge in [0.25, 0.3) is 0 Å². The van der Waals surface area contributed by atoms with Crippen LogP contribution < -0.4 is 14.5 Å². The molecule has 2 amide bonds. The molecule has 182 valence electrons. The summed E-state index contributed by atoms with van der Waals surface area (Å²) in [4.78, 5) is 30.7. The molecular weight excluding hydrogens is 452 g/mol. The molecule has 0 spiro atoms. The number of sulfonamides is 1. The topological polar surface area (TPSA) is 90.0 Å². The molecule has 34 heavy (non-hydrogen) atoms. The van der Waals surface area contributed by atoms with Crippen LogP contribution in [0.2, 0.25) is 0 Å². The molecule has 4 rings (SSSR count). The molecule has 0 aromatic heterocycles. The molecule has 2 aromatic carbocycles. The minimum absolute atomic E-state index is 0.0362. The average Bonchev–Trinajstić information content (AvgIpc) is 3.51. The molecule has 0 atom stereocenters. The van der Waals surface area contributed by atoms with Crippen molar-refractivity contribution in [3.63, 3.8) is 0 Å². The highest BCUT2D eigenvalue weighted by Crippen LogP contribution is 2.31. The van der Waals surface area contributed by atoms with E-state index in [0.717, 1.165) is 48.4 Å². The Morgan fingerprint density at radius 1 is 0.941 bits per heavy atom. The summed E-state index contributed by atoms with van der Waals surface area (Å²) in [5.41, 5.74) is 3.48. The number of fused-ring (bicyclic) bond motifs is 1. The maximum atomic E-state index is 12.9. The number of benzene rings is 2. The van der Waals surface area contributed by atoms with E-state index in [1.165, 1.54) is 6.07 Å². The molecule has 1 saturated heterocycles. The fourth-order valence-electron chi connectivity index (χ4n) is 4.45. The van der Waals surface area contributed by atoms with Crippen molar-refractivity contribution in [2.24, 2.45) is 0 Å². The number of hydrogen-bond donors (Lipinski definition) is 1. The molecule has 8 nitrogen and oxygen atoms in total. The zero-order valence-electron chi connectivity index (χ0n) is 19.8. The second-order valence-electron chi connectivity index (χ2n) is 9.06. The van der Waals surface area contributed by atoms with E-state index in [4.69, 9.17) is 0 Å². The lowest BCUT2D eigenvalue weighted by Crippen LogP contribution is -2.32. The van der Waals surface area contributed by atoms with E-state index in [-0.39, 0.29) is 36.1 Å². The monoisotopic (exact) mass is 484 g/mol. The molecule has 0 bridgehead atoms. The standard InChI is InChI=1S/C25H32N4O4S/c1-27(2)21-7-5-19(6-8-21)18-26-34(32,33)22-9-10-23-20(17-22)13-16-29(23)25(31)12-11-24(30)28-14-3-4-15-28/h5-10,17,26H,3-4,11-16,18H2,1-2H3. The zero-order valence-corrected chi connectivity index (χ0v) is 20.6. The van der Waals surface area contributed by atoms with E-state index in [1.807, 2.05) is 48.2 Å². The van der Waals surface area contributed by atoms with E-state index in [2.05, 4.69) is 4.72 Å². The van der Waals surface area contributed by atoms with Crippen LogP contribution in [0.15, 0.2) is 47.4 Å². The van der Waals surface area contributed by atoms with Crippen LogP contribution in [0.25, 0.3) is 0 Å². The molecule has 0 saturated carbocycles. The summed E-state index contributed by atoms with van der Waals surface area (Å²) in [6.07, 6.45) is 3.04. The first-order valence-electron chi connectivity index (χ1n) is 11.7. The highest BCUT2D eigenvalue weighted by Gasteiger charge is 2.27. The van der Waals surface area contributed by atoms with Gasteiger partial charge in [0.1, 0.15) is 0 Å². The number of rotatable bonds is 8. The first-order chi connectivity index (χ1) is 16.2. The Morgan fingerprint density at radius 3 is 2.29 bits per heavy atom. The lowest BCUT2D eigenvalue weighted by molar-refractivity contribution is -0.132. The second-order valence-corrected chi connectivity index (χ2v) is 10.8. The number of nitrogens with one attached hydrogen (secondary N) is 1. The van der Waals surface area contributed by atoms with E-state index < -0.39 is 10.0 Å². The minimum Gasteiger partial charge on any atom is -0.378 e. The van der Waals surface area contributed by atoms with Crippen molar-refractivity contribution in [2.45, 2.75) is 43.5 Å². The maximum absolute atomic E-state index is 12.9. The van der Waals surface area contributed by atoms with Crippen LogP contribution in [0.3, 0.4) is 0 Å². The Bertz CT molecular complexity index is 1160. The number of nitrogens with zero attached hydrogens (tertiary/aromatic N) is 3. The van der Waals surface area contributed by atoms with Gasteiger partial charge in [-0.1, -0.05) is 12.1 Å². The molecule has 2 aromatic rings. The van der Waals surface area contributed by atoms with Crippen LogP contribution in [0.5, 0.6) is 0 Å². The number of likely N-dealkylation sites (tertiary alicyclic amines) is 1. The molecule has 1 N–H and O–H groups in total. The van der Waals surface area contributed by atoms with Gasteiger partial charge in [-0.25, -0.2) is 13.1 Å². The summed E-state index contributed by atoms with van der Waals surface area (Å²) in [5, 5.41) is 0. The predicted octanol–water partition coefficient (Wildman–Crippen LogP) is 2.52. The molecule has 0 radical (unpaired) electrons. The molecule has 1 fully saturated rings. The van der Waals surface area contributed by atoms with Gasteiger partial charge in [0.15, 0.2) is 0 Å². The third-order valence-corrected chi connectivity index (χ3v) is 7.89. The number of amides is 2. The molecule has 2 heterocycles. The van der Waals surface area contributed by atoms with Crippen molar-refractivity contribution in [1.29, 1.82) is 0 Å². The lowest BCUT2D eigenvalue weighted by Gasteiger charge is -2.19. The third-order valence-electron chi connectivity index (χ3n) is 6.49. The lowest BCUT2D eigenvalue weighted by atomic mass is 10.2. The van der Waals surface area contributed by atoms with Crippen LogP contribution in [0, 0.1) is 0 Å². The van der Waals surface area contributed by atoms with Gasteiger partial charge in [0, 0.05) is 64.5 Å². The fraction of sp³-hybridized carbons (Fsp3) is 0.440. The van der Waals surface area contributed by atoms with Crippen molar-refractivity contribution in [1.82, 2.24) is 9.62 Å². The first kappa shape index (κ1) is 24.2. The normalized spacial score (nSPS) is 15.5. The maximum Gasteiger partial charge on any atom is 0.240 e. The Kier molecular flexibility index (Phi) is 7.23. The number of anilines is 2. The Morgan fingerprint density at radius 2 is 1.62 bits per heavy atom. The minimum atomic E-state index is -3.69. The van der Waals surface area contributed by atoms with Gasteiger partial charge in [-0.2, -0.15) is 0 Å². The number of hydrogen-bond acceptors (Lipinski definition) is 5. The van der Waals surface area contributed by atoms with E-state index in [1.54, 1.807) is 17.0 Å². The molecule has 2 aliphatic heterocycles. The quantitative estimate of drug-likeness (QED) is 0.622. The zero-order chi connectivity index (χ0) is 24.3. The smallest absolute Gasteiger partial charge is 0.240 e. The third kappa shape index (κ3) is 5.42. The van der Waals surface area contributed by atoms with Gasteiger partial charge in [-0.3, -0.25) is 9.59 Å². The van der Waals surface area contributed by atoms with Gasteiger partial charge in [-0.15, -0.1) is 0 Å². The average molecular weight is 485 g/mol. The molecule has 2 aliphatic rings. The number of carbonyl (C=O) groups is 2. The SMILES string of the molecule is CN(C)c1ccc(CNS(=O)(=O)c2ccc3c(c2)CCN3C(=O)CCC(=O)N2CCCC2)cc1. The molecule has 0 aliphatic carbocycles. The Balaban J connectivity index is 1.37. The van der Waals surface area contributed by atoms with Crippen molar-refractivity contribution < 1.29 is 18.0 Å². The van der Waals surface area contributed by atoms with Crippen molar-refractivity contribution in [3.05, 3.63) is 53.6 Å². The van der Waals surface area contributed by atoms with Crippen molar-refractivity contribution in [3.8, 4) is 0 Å². The van der Waals surface area contributed by atoms with Crippen molar-refractivity contribution >= 4 is 33.2 Å². The molecule has 0 unspecified atom stereocenters. The summed E-state index contributed by atoms with van der Waals surface area (Å²) in [5.74, 6) is -0.0599. The first-order valence-corrected chi connectivity index (χ1v) is 13.2. The molecule has 9 heteroatoms. The van der Waals surface area contributed by atoms with E-state index >= 15 is 0 Å². The summed E-state index contributed by atoms with van der Waals surface area (Å²) in [6.45, 7) is 2.27. The predicted molar refractivity (Wildman–Crippen MR) is 132 cm³/mol. The summed E-state index contributed by atoms with van der Waals surface area (Å²) in [7, 11) is 0.216. The highest BCUT2D eigenvalue weighted by molar-refractivity contribution is 7.89. The van der Waals surface area contributed by atoms with Crippen LogP contribution in [0.4, 0.5) is 11.4 Å². The number of carbonyl (C=O) groups excluding carboxylic acids is 2. The van der Waals surface area contributed by atoms with Crippen LogP contribution in [-0.4, -0.2) is 58.9 Å². The fourth-order valence-corrected chi connectivity index (χ4v) is 5.52. The largest absolute Gasteiger partial charge is 0.378 e. The summed E-state index contributed by atoms with van der Waals surface area (Å²) >= 11 is 0. The summed E-state index contributed by atoms with van der Waals surface area (Å²) < 4.78 is 28.4. The van der Waals surface area contributed by atoms with Gasteiger partial charge < -0.3 is 14.7 Å². The second kappa shape index (κ2) is 10.1. The Hall–Kier alpha value is -2.91. The van der Waals surface area contributed by atoms with Gasteiger partial charge >= 0.3 is 0 Å². The molecular formula is C25H32N4O4S.